The van der Waals surface area contributed by atoms with Gasteiger partial charge >= 0.3 is 8.03 Å². The fraction of sp³-hybridized carbons (Fsp3) is 0.0455. The van der Waals surface area contributed by atoms with Gasteiger partial charge in [-0.05, 0) is 47.4 Å². The Kier molecular flexibility index (Phi) is 4.82. The summed E-state index contributed by atoms with van der Waals surface area (Å²) in [6, 6.07) is 23.2. The number of aromatic nitrogens is 2. The molecule has 1 heterocycles. The highest BCUT2D eigenvalue weighted by molar-refractivity contribution is 7.48. The molecular formula is C22H18N2O2P+. The first kappa shape index (κ1) is 17.2. The average molecular weight is 373 g/mol. The van der Waals surface area contributed by atoms with Crippen LogP contribution in [0.4, 0.5) is 0 Å². The first-order chi connectivity index (χ1) is 13.2. The van der Waals surface area contributed by atoms with Crippen molar-refractivity contribution in [3.05, 3.63) is 89.6 Å². The minimum absolute atomic E-state index is 0.558. The molecule has 0 aliphatic carbocycles. The number of nitrogens with one attached hydrogen (secondary N) is 1. The molecule has 4 aromatic rings. The van der Waals surface area contributed by atoms with E-state index in [1.165, 1.54) is 0 Å². The van der Waals surface area contributed by atoms with Gasteiger partial charge in [0.2, 0.25) is 5.30 Å². The van der Waals surface area contributed by atoms with Crippen molar-refractivity contribution in [3.8, 4) is 5.75 Å². The Bertz CT molecular complexity index is 1130. The molecule has 1 N–H and O–H groups in total. The van der Waals surface area contributed by atoms with Gasteiger partial charge in [-0.25, -0.2) is 0 Å². The van der Waals surface area contributed by atoms with Gasteiger partial charge in [0.05, 0.1) is 11.2 Å². The van der Waals surface area contributed by atoms with E-state index in [-0.39, 0.29) is 0 Å². The Morgan fingerprint density at radius 1 is 0.963 bits per heavy atom. The Hall–Kier alpha value is -3.23. The molecule has 0 saturated carbocycles. The van der Waals surface area contributed by atoms with Gasteiger partial charge in [0.15, 0.2) is 5.75 Å². The van der Waals surface area contributed by atoms with Gasteiger partial charge in [-0.2, -0.15) is 5.10 Å². The number of aryl methyl sites for hydroxylation is 1. The van der Waals surface area contributed by atoms with Crippen molar-refractivity contribution >= 4 is 36.4 Å². The number of aromatic amines is 1. The van der Waals surface area contributed by atoms with Crippen LogP contribution in [-0.2, 0) is 4.57 Å². The molecule has 1 aromatic heterocycles. The number of fused-ring (bicyclic) bond motifs is 1. The van der Waals surface area contributed by atoms with Gasteiger partial charge in [0.25, 0.3) is 0 Å². The Balaban J connectivity index is 1.61. The first-order valence-corrected chi connectivity index (χ1v) is 9.80. The molecule has 1 unspecified atom stereocenters. The predicted molar refractivity (Wildman–Crippen MR) is 111 cm³/mol. The SMILES string of the molecule is Cc1ccccc1[P+](=O)Oc1ccc2[nH]nc(C=Cc3ccccc3)c2c1. The summed E-state index contributed by atoms with van der Waals surface area (Å²) in [6.45, 7) is 1.93. The second kappa shape index (κ2) is 7.56. The van der Waals surface area contributed by atoms with Gasteiger partial charge in [0, 0.05) is 10.9 Å². The van der Waals surface area contributed by atoms with Crippen molar-refractivity contribution in [1.82, 2.24) is 10.2 Å². The van der Waals surface area contributed by atoms with Crippen LogP contribution in [0, 0.1) is 6.92 Å². The summed E-state index contributed by atoms with van der Waals surface area (Å²) in [5.74, 6) is 0.558. The topological polar surface area (TPSA) is 55.0 Å². The zero-order valence-corrected chi connectivity index (χ0v) is 15.7. The van der Waals surface area contributed by atoms with Crippen LogP contribution in [0.3, 0.4) is 0 Å². The maximum atomic E-state index is 12.6. The van der Waals surface area contributed by atoms with Crippen molar-refractivity contribution in [2.24, 2.45) is 0 Å². The molecule has 0 spiro atoms. The standard InChI is InChI=1S/C22H18N2O2P/c1-16-7-5-6-10-22(16)27(25)26-18-12-14-21-19(15-18)20(23-24-21)13-11-17-8-3-2-4-9-17/h2-15H,1H3,(H,23,24)/q+1. The normalized spacial score (nSPS) is 11.8. The van der Waals surface area contributed by atoms with Crippen molar-refractivity contribution in [1.29, 1.82) is 0 Å². The van der Waals surface area contributed by atoms with E-state index < -0.39 is 8.03 Å². The van der Waals surface area contributed by atoms with E-state index in [2.05, 4.69) is 10.2 Å². The number of H-pyrrole nitrogens is 1. The summed E-state index contributed by atoms with van der Waals surface area (Å²) >= 11 is 0. The van der Waals surface area contributed by atoms with Gasteiger partial charge in [0.1, 0.15) is 0 Å². The van der Waals surface area contributed by atoms with Gasteiger partial charge in [-0.1, -0.05) is 54.6 Å². The van der Waals surface area contributed by atoms with Gasteiger partial charge < -0.3 is 0 Å². The minimum Gasteiger partial charge on any atom is -0.277 e. The molecule has 0 bridgehead atoms. The predicted octanol–water partition coefficient (Wildman–Crippen LogP) is 5.49. The number of hydrogen-bond donors (Lipinski definition) is 1. The van der Waals surface area contributed by atoms with Crippen molar-refractivity contribution in [3.63, 3.8) is 0 Å². The lowest BCUT2D eigenvalue weighted by molar-refractivity contribution is 0.515. The van der Waals surface area contributed by atoms with E-state index in [0.29, 0.717) is 11.1 Å². The Labute approximate surface area is 158 Å². The lowest BCUT2D eigenvalue weighted by Gasteiger charge is -1.97. The monoisotopic (exact) mass is 373 g/mol. The molecule has 5 heteroatoms. The number of benzene rings is 3. The quantitative estimate of drug-likeness (QED) is 0.471. The average Bonchev–Trinajstić information content (AvgIpc) is 3.10. The minimum atomic E-state index is -1.97. The molecule has 3 aromatic carbocycles. The summed E-state index contributed by atoms with van der Waals surface area (Å²) < 4.78 is 18.3. The zero-order chi connectivity index (χ0) is 18.6. The van der Waals surface area contributed by atoms with Crippen molar-refractivity contribution < 1.29 is 9.09 Å². The highest BCUT2D eigenvalue weighted by atomic mass is 31.1. The third-order valence-corrected chi connectivity index (χ3v) is 5.57. The molecule has 0 aliphatic rings. The summed E-state index contributed by atoms with van der Waals surface area (Å²) in [5, 5.41) is 9.01. The fourth-order valence-corrected chi connectivity index (χ4v) is 3.82. The van der Waals surface area contributed by atoms with E-state index in [0.717, 1.165) is 27.7 Å². The Morgan fingerprint density at radius 2 is 1.74 bits per heavy atom. The van der Waals surface area contributed by atoms with Crippen LogP contribution in [0.1, 0.15) is 16.8 Å². The molecule has 27 heavy (non-hydrogen) atoms. The summed E-state index contributed by atoms with van der Waals surface area (Å²) in [7, 11) is -1.97. The molecule has 4 nitrogen and oxygen atoms in total. The maximum Gasteiger partial charge on any atom is 0.597 e. The number of rotatable bonds is 5. The van der Waals surface area contributed by atoms with E-state index in [1.54, 1.807) is 6.07 Å². The molecule has 1 atom stereocenters. The molecule has 0 radical (unpaired) electrons. The highest BCUT2D eigenvalue weighted by Crippen LogP contribution is 2.31. The van der Waals surface area contributed by atoms with Crippen LogP contribution in [0.5, 0.6) is 5.75 Å². The second-order valence-corrected chi connectivity index (χ2v) is 7.37. The van der Waals surface area contributed by atoms with E-state index in [9.17, 15) is 4.57 Å². The maximum absolute atomic E-state index is 12.6. The zero-order valence-electron chi connectivity index (χ0n) is 14.8. The number of nitrogens with zero attached hydrogens (tertiary/aromatic N) is 1. The van der Waals surface area contributed by atoms with Crippen LogP contribution < -0.4 is 9.83 Å². The largest absolute Gasteiger partial charge is 0.597 e. The summed E-state index contributed by atoms with van der Waals surface area (Å²) in [5.41, 5.74) is 3.77. The van der Waals surface area contributed by atoms with E-state index in [4.69, 9.17) is 4.52 Å². The lowest BCUT2D eigenvalue weighted by Crippen LogP contribution is -2.03. The molecular weight excluding hydrogens is 355 g/mol. The van der Waals surface area contributed by atoms with Crippen molar-refractivity contribution in [2.45, 2.75) is 6.92 Å². The third-order valence-electron chi connectivity index (χ3n) is 4.30. The number of hydrogen-bond acceptors (Lipinski definition) is 3. The van der Waals surface area contributed by atoms with Crippen LogP contribution >= 0.6 is 8.03 Å². The molecule has 0 amide bonds. The smallest absolute Gasteiger partial charge is 0.277 e. The van der Waals surface area contributed by atoms with Gasteiger partial charge in [-0.15, -0.1) is 0 Å². The van der Waals surface area contributed by atoms with Gasteiger partial charge in [-0.3, -0.25) is 9.62 Å². The molecule has 4 rings (SSSR count). The second-order valence-electron chi connectivity index (χ2n) is 6.20. The van der Waals surface area contributed by atoms with Crippen LogP contribution in [0.25, 0.3) is 23.1 Å². The molecule has 0 saturated heterocycles. The van der Waals surface area contributed by atoms with Crippen LogP contribution in [0.2, 0.25) is 0 Å². The fourth-order valence-electron chi connectivity index (χ4n) is 2.85. The van der Waals surface area contributed by atoms with Crippen LogP contribution in [0.15, 0.2) is 72.8 Å². The highest BCUT2D eigenvalue weighted by Gasteiger charge is 2.26. The van der Waals surface area contributed by atoms with Crippen LogP contribution in [-0.4, -0.2) is 10.2 Å². The molecule has 132 valence electrons. The lowest BCUT2D eigenvalue weighted by atomic mass is 10.1. The third kappa shape index (κ3) is 3.81. The van der Waals surface area contributed by atoms with E-state index in [1.807, 2.05) is 85.8 Å². The molecule has 0 fully saturated rings. The first-order valence-electron chi connectivity index (χ1n) is 8.63. The summed E-state index contributed by atoms with van der Waals surface area (Å²) in [4.78, 5) is 0. The van der Waals surface area contributed by atoms with Crippen molar-refractivity contribution in [2.75, 3.05) is 0 Å². The molecule has 0 aliphatic heterocycles. The summed E-state index contributed by atoms with van der Waals surface area (Å²) in [6.07, 6.45) is 3.97. The Morgan fingerprint density at radius 3 is 2.56 bits per heavy atom. The van der Waals surface area contributed by atoms with E-state index >= 15 is 0 Å².